The molecule has 0 saturated carbocycles. The third kappa shape index (κ3) is 4.52. The highest BCUT2D eigenvalue weighted by Crippen LogP contribution is 2.34. The van der Waals surface area contributed by atoms with Gasteiger partial charge in [0.25, 0.3) is 5.91 Å². The molecule has 0 atom stereocenters. The molecular weight excluding hydrogens is 478 g/mol. The van der Waals surface area contributed by atoms with E-state index in [1.165, 1.54) is 6.07 Å². The molecule has 0 fully saturated rings. The minimum absolute atomic E-state index is 0.0169. The molecule has 0 unspecified atom stereocenters. The minimum Gasteiger partial charge on any atom is -0.306 e. The lowest BCUT2D eigenvalue weighted by atomic mass is 10.1. The SMILES string of the molecule is CCS(=O)(=O)c1ccc(CC(=O)Nc2nc3c(s2)C(=O)N(c2ccccc2Cl)CC3)s1. The number of halogens is 1. The number of thiophene rings is 1. The van der Waals surface area contributed by atoms with Gasteiger partial charge in [-0.3, -0.25) is 9.59 Å². The van der Waals surface area contributed by atoms with Crippen LogP contribution in [0.25, 0.3) is 0 Å². The van der Waals surface area contributed by atoms with Gasteiger partial charge in [-0.15, -0.1) is 11.3 Å². The summed E-state index contributed by atoms with van der Waals surface area (Å²) >= 11 is 8.46. The molecule has 0 aliphatic carbocycles. The number of carbonyl (C=O) groups is 2. The van der Waals surface area contributed by atoms with Crippen LogP contribution in [0.15, 0.2) is 40.6 Å². The van der Waals surface area contributed by atoms with Crippen molar-refractivity contribution in [3.05, 3.63) is 56.9 Å². The highest BCUT2D eigenvalue weighted by molar-refractivity contribution is 7.93. The summed E-state index contributed by atoms with van der Waals surface area (Å²) in [5.74, 6) is -0.493. The Labute approximate surface area is 192 Å². The number of aromatic nitrogens is 1. The van der Waals surface area contributed by atoms with Crippen LogP contribution in [0, 0.1) is 0 Å². The van der Waals surface area contributed by atoms with Crippen molar-refractivity contribution in [1.29, 1.82) is 0 Å². The van der Waals surface area contributed by atoms with Crippen molar-refractivity contribution in [1.82, 2.24) is 4.98 Å². The second kappa shape index (κ2) is 8.70. The Kier molecular flexibility index (Phi) is 6.16. The fourth-order valence-electron chi connectivity index (χ4n) is 3.17. The molecule has 3 heterocycles. The number of hydrogen-bond donors (Lipinski definition) is 1. The number of anilines is 2. The monoisotopic (exact) mass is 495 g/mol. The second-order valence-electron chi connectivity index (χ2n) is 6.80. The maximum Gasteiger partial charge on any atom is 0.270 e. The largest absolute Gasteiger partial charge is 0.306 e. The lowest BCUT2D eigenvalue weighted by Crippen LogP contribution is -2.37. The molecule has 162 valence electrons. The van der Waals surface area contributed by atoms with E-state index in [9.17, 15) is 18.0 Å². The van der Waals surface area contributed by atoms with E-state index in [0.29, 0.717) is 44.3 Å². The molecule has 3 aromatic rings. The summed E-state index contributed by atoms with van der Waals surface area (Å²) in [7, 11) is -3.29. The Morgan fingerprint density at radius 1 is 1.23 bits per heavy atom. The van der Waals surface area contributed by atoms with Crippen LogP contribution in [0.1, 0.15) is 27.2 Å². The van der Waals surface area contributed by atoms with E-state index >= 15 is 0 Å². The molecule has 11 heteroatoms. The fraction of sp³-hybridized carbons (Fsp3) is 0.250. The molecule has 0 spiro atoms. The quantitative estimate of drug-likeness (QED) is 0.556. The molecule has 0 radical (unpaired) electrons. The zero-order valence-corrected chi connectivity index (χ0v) is 19.6. The zero-order chi connectivity index (χ0) is 22.2. The van der Waals surface area contributed by atoms with Crippen LogP contribution < -0.4 is 10.2 Å². The van der Waals surface area contributed by atoms with E-state index in [0.717, 1.165) is 22.7 Å². The molecule has 1 aliphatic rings. The first kappa shape index (κ1) is 21.9. The third-order valence-corrected chi connectivity index (χ3v) is 9.48. The lowest BCUT2D eigenvalue weighted by Gasteiger charge is -2.26. The minimum atomic E-state index is -3.29. The Morgan fingerprint density at radius 3 is 2.74 bits per heavy atom. The smallest absolute Gasteiger partial charge is 0.270 e. The lowest BCUT2D eigenvalue weighted by molar-refractivity contribution is -0.115. The van der Waals surface area contributed by atoms with Crippen LogP contribution in [0.5, 0.6) is 0 Å². The van der Waals surface area contributed by atoms with Crippen molar-refractivity contribution in [2.75, 3.05) is 22.5 Å². The Hall–Kier alpha value is -2.27. The molecule has 0 bridgehead atoms. The molecule has 7 nitrogen and oxygen atoms in total. The summed E-state index contributed by atoms with van der Waals surface area (Å²) in [6.07, 6.45) is 0.593. The summed E-state index contributed by atoms with van der Waals surface area (Å²) in [5, 5.41) is 3.57. The normalized spacial score (nSPS) is 13.9. The molecule has 1 aromatic carbocycles. The Bertz CT molecular complexity index is 1270. The van der Waals surface area contributed by atoms with Gasteiger partial charge in [-0.05, 0) is 24.3 Å². The highest BCUT2D eigenvalue weighted by atomic mass is 35.5. The second-order valence-corrected chi connectivity index (χ2v) is 11.9. The van der Waals surface area contributed by atoms with Crippen molar-refractivity contribution in [3.8, 4) is 0 Å². The Balaban J connectivity index is 1.46. The van der Waals surface area contributed by atoms with Crippen LogP contribution >= 0.6 is 34.3 Å². The van der Waals surface area contributed by atoms with Gasteiger partial charge in [-0.2, -0.15) is 0 Å². The molecule has 2 amide bonds. The number of amides is 2. The number of thiazole rings is 1. The fourth-order valence-corrected chi connectivity index (χ4v) is 6.86. The predicted molar refractivity (Wildman–Crippen MR) is 123 cm³/mol. The van der Waals surface area contributed by atoms with Crippen LogP contribution in [-0.2, 0) is 27.5 Å². The molecule has 4 rings (SSSR count). The van der Waals surface area contributed by atoms with Crippen molar-refractivity contribution in [2.24, 2.45) is 0 Å². The van der Waals surface area contributed by atoms with E-state index in [1.54, 1.807) is 36.1 Å². The van der Waals surface area contributed by atoms with Crippen molar-refractivity contribution in [3.63, 3.8) is 0 Å². The highest BCUT2D eigenvalue weighted by Gasteiger charge is 2.30. The van der Waals surface area contributed by atoms with Crippen LogP contribution in [0.3, 0.4) is 0 Å². The number of carbonyl (C=O) groups excluding carboxylic acids is 2. The number of fused-ring (bicyclic) bond motifs is 1. The first-order valence-corrected chi connectivity index (χ1v) is 13.1. The number of nitrogens with zero attached hydrogens (tertiary/aromatic N) is 2. The predicted octanol–water partition coefficient (Wildman–Crippen LogP) is 4.04. The van der Waals surface area contributed by atoms with Gasteiger partial charge in [-0.25, -0.2) is 13.4 Å². The van der Waals surface area contributed by atoms with Crippen molar-refractivity contribution in [2.45, 2.75) is 24.0 Å². The molecule has 1 N–H and O–H groups in total. The average molecular weight is 496 g/mol. The van der Waals surface area contributed by atoms with Gasteiger partial charge in [0, 0.05) is 17.8 Å². The van der Waals surface area contributed by atoms with E-state index in [2.05, 4.69) is 10.3 Å². The zero-order valence-electron chi connectivity index (χ0n) is 16.4. The van der Waals surface area contributed by atoms with Crippen LogP contribution in [0.2, 0.25) is 5.02 Å². The van der Waals surface area contributed by atoms with Crippen molar-refractivity contribution >= 4 is 66.7 Å². The van der Waals surface area contributed by atoms with E-state index in [4.69, 9.17) is 11.6 Å². The Morgan fingerprint density at radius 2 is 2.00 bits per heavy atom. The number of sulfone groups is 1. The van der Waals surface area contributed by atoms with Crippen LogP contribution in [0.4, 0.5) is 10.8 Å². The summed E-state index contributed by atoms with van der Waals surface area (Å²) in [6, 6.07) is 10.3. The summed E-state index contributed by atoms with van der Waals surface area (Å²) in [4.78, 5) is 32.5. The summed E-state index contributed by atoms with van der Waals surface area (Å²) < 4.78 is 24.1. The first-order valence-electron chi connectivity index (χ1n) is 9.46. The molecule has 0 saturated heterocycles. The van der Waals surface area contributed by atoms with E-state index in [1.807, 2.05) is 6.07 Å². The van der Waals surface area contributed by atoms with Crippen LogP contribution in [-0.4, -0.2) is 37.5 Å². The van der Waals surface area contributed by atoms with Gasteiger partial charge < -0.3 is 10.2 Å². The van der Waals surface area contributed by atoms with E-state index < -0.39 is 9.84 Å². The first-order chi connectivity index (χ1) is 14.8. The van der Waals surface area contributed by atoms with Gasteiger partial charge in [0.1, 0.15) is 9.09 Å². The number of para-hydroxylation sites is 1. The topological polar surface area (TPSA) is 96.4 Å². The number of rotatable bonds is 6. The summed E-state index contributed by atoms with van der Waals surface area (Å²) in [6.45, 7) is 2.04. The third-order valence-electron chi connectivity index (χ3n) is 4.76. The molecule has 1 aliphatic heterocycles. The standard InChI is InChI=1S/C20H18ClN3O4S3/c1-2-31(27,28)17-8-7-12(29-17)11-16(25)23-20-22-14-9-10-24(19(26)18(14)30-20)15-6-4-3-5-13(15)21/h3-8H,2,9-11H2,1H3,(H,22,23,25). The van der Waals surface area contributed by atoms with Gasteiger partial charge in [0.15, 0.2) is 15.0 Å². The van der Waals surface area contributed by atoms with Gasteiger partial charge in [-0.1, -0.05) is 42.0 Å². The maximum absolute atomic E-state index is 13.0. The summed E-state index contributed by atoms with van der Waals surface area (Å²) in [5.41, 5.74) is 1.30. The molecule has 2 aromatic heterocycles. The average Bonchev–Trinajstić information content (AvgIpc) is 3.36. The molecule has 31 heavy (non-hydrogen) atoms. The van der Waals surface area contributed by atoms with E-state index in [-0.39, 0.29) is 28.2 Å². The van der Waals surface area contributed by atoms with Gasteiger partial charge in [0.2, 0.25) is 5.91 Å². The molecular formula is C20H18ClN3O4S3. The number of nitrogens with one attached hydrogen (secondary N) is 1. The maximum atomic E-state index is 13.0. The van der Waals surface area contributed by atoms with Gasteiger partial charge in [0.05, 0.1) is 28.6 Å². The number of hydrogen-bond acceptors (Lipinski definition) is 7. The van der Waals surface area contributed by atoms with Gasteiger partial charge >= 0.3 is 0 Å². The number of benzene rings is 1. The van der Waals surface area contributed by atoms with Crippen molar-refractivity contribution < 1.29 is 18.0 Å².